The fourth-order valence-corrected chi connectivity index (χ4v) is 1.82. The second-order valence-corrected chi connectivity index (χ2v) is 4.97. The van der Waals surface area contributed by atoms with E-state index in [1.165, 1.54) is 18.2 Å². The highest BCUT2D eigenvalue weighted by Gasteiger charge is 2.31. The summed E-state index contributed by atoms with van der Waals surface area (Å²) in [6, 6.07) is 8.35. The van der Waals surface area contributed by atoms with Crippen LogP contribution in [0.1, 0.15) is 5.56 Å². The Morgan fingerprint density at radius 1 is 1.23 bits per heavy atom. The van der Waals surface area contributed by atoms with Crippen molar-refractivity contribution < 1.29 is 22.7 Å². The first kappa shape index (κ1) is 16.2. The largest absolute Gasteiger partial charge is 0.573 e. The molecule has 0 aliphatic rings. The van der Waals surface area contributed by atoms with E-state index >= 15 is 0 Å². The SMILES string of the molecule is O=C(Cc1cccc(OC(F)(F)F)c1)Nc1ccc(Br)nn1. The molecule has 1 amide bonds. The smallest absolute Gasteiger partial charge is 0.406 e. The van der Waals surface area contributed by atoms with Crippen LogP contribution in [0.15, 0.2) is 41.0 Å². The lowest BCUT2D eigenvalue weighted by Crippen LogP contribution is -2.18. The third-order valence-electron chi connectivity index (χ3n) is 2.40. The lowest BCUT2D eigenvalue weighted by atomic mass is 10.1. The molecule has 0 spiro atoms. The van der Waals surface area contributed by atoms with Gasteiger partial charge in [0.05, 0.1) is 6.42 Å². The minimum atomic E-state index is -4.77. The maximum absolute atomic E-state index is 12.1. The highest BCUT2D eigenvalue weighted by molar-refractivity contribution is 9.10. The maximum atomic E-state index is 12.1. The van der Waals surface area contributed by atoms with Crippen molar-refractivity contribution in [1.29, 1.82) is 0 Å². The number of nitrogens with one attached hydrogen (secondary N) is 1. The first-order chi connectivity index (χ1) is 10.3. The normalized spacial score (nSPS) is 11.1. The van der Waals surface area contributed by atoms with E-state index in [-0.39, 0.29) is 18.0 Å². The number of anilines is 1. The van der Waals surface area contributed by atoms with Crippen molar-refractivity contribution >= 4 is 27.7 Å². The van der Waals surface area contributed by atoms with Gasteiger partial charge in [-0.25, -0.2) is 0 Å². The number of rotatable bonds is 4. The van der Waals surface area contributed by atoms with Gasteiger partial charge in [-0.15, -0.1) is 23.4 Å². The number of hydrogen-bond donors (Lipinski definition) is 1. The number of carbonyl (C=O) groups excluding carboxylic acids is 1. The summed E-state index contributed by atoms with van der Waals surface area (Å²) in [5.41, 5.74) is 0.379. The lowest BCUT2D eigenvalue weighted by Gasteiger charge is -2.10. The average Bonchev–Trinajstić information content (AvgIpc) is 2.40. The number of benzene rings is 1. The number of halogens is 4. The van der Waals surface area contributed by atoms with Crippen LogP contribution in [0.3, 0.4) is 0 Å². The third kappa shape index (κ3) is 5.32. The molecule has 9 heteroatoms. The van der Waals surface area contributed by atoms with Crippen molar-refractivity contribution in [2.75, 3.05) is 5.32 Å². The van der Waals surface area contributed by atoms with Crippen molar-refractivity contribution in [3.05, 3.63) is 46.6 Å². The zero-order chi connectivity index (χ0) is 16.2. The Hall–Kier alpha value is -2.16. The Labute approximate surface area is 131 Å². The van der Waals surface area contributed by atoms with Crippen LogP contribution >= 0.6 is 15.9 Å². The molecule has 1 heterocycles. The summed E-state index contributed by atoms with van der Waals surface area (Å²) in [4.78, 5) is 11.8. The first-order valence-corrected chi connectivity index (χ1v) is 6.75. The molecule has 0 fully saturated rings. The molecule has 116 valence electrons. The number of hydrogen-bond acceptors (Lipinski definition) is 4. The van der Waals surface area contributed by atoms with Crippen LogP contribution in [-0.4, -0.2) is 22.5 Å². The number of nitrogens with zero attached hydrogens (tertiary/aromatic N) is 2. The first-order valence-electron chi connectivity index (χ1n) is 5.95. The van der Waals surface area contributed by atoms with Gasteiger partial charge in [0.15, 0.2) is 5.82 Å². The van der Waals surface area contributed by atoms with E-state index in [4.69, 9.17) is 0 Å². The zero-order valence-electron chi connectivity index (χ0n) is 10.9. The van der Waals surface area contributed by atoms with Crippen molar-refractivity contribution in [3.63, 3.8) is 0 Å². The van der Waals surface area contributed by atoms with Crippen LogP contribution in [0.4, 0.5) is 19.0 Å². The number of ether oxygens (including phenoxy) is 1. The van der Waals surface area contributed by atoms with E-state index in [1.807, 2.05) is 0 Å². The molecule has 2 rings (SSSR count). The quantitative estimate of drug-likeness (QED) is 0.890. The lowest BCUT2D eigenvalue weighted by molar-refractivity contribution is -0.274. The monoisotopic (exact) mass is 375 g/mol. The van der Waals surface area contributed by atoms with Gasteiger partial charge in [-0.3, -0.25) is 4.79 Å². The van der Waals surface area contributed by atoms with E-state index in [1.54, 1.807) is 6.07 Å². The molecule has 0 atom stereocenters. The number of amides is 1. The molecule has 1 aromatic carbocycles. The van der Waals surface area contributed by atoms with Crippen LogP contribution in [0, 0.1) is 0 Å². The molecule has 5 nitrogen and oxygen atoms in total. The fourth-order valence-electron chi connectivity index (χ4n) is 1.61. The molecule has 2 aromatic rings. The molecular formula is C13H9BrF3N3O2. The van der Waals surface area contributed by atoms with Crippen LogP contribution in [0.2, 0.25) is 0 Å². The molecule has 1 N–H and O–H groups in total. The predicted molar refractivity (Wildman–Crippen MR) is 75.2 cm³/mol. The van der Waals surface area contributed by atoms with Crippen molar-refractivity contribution in [3.8, 4) is 5.75 Å². The summed E-state index contributed by atoms with van der Waals surface area (Å²) in [6.07, 6.45) is -4.89. The second-order valence-electron chi connectivity index (χ2n) is 4.16. The Morgan fingerprint density at radius 2 is 2.00 bits per heavy atom. The highest BCUT2D eigenvalue weighted by Crippen LogP contribution is 2.23. The molecule has 22 heavy (non-hydrogen) atoms. The van der Waals surface area contributed by atoms with E-state index < -0.39 is 12.3 Å². The second kappa shape index (κ2) is 6.73. The van der Waals surface area contributed by atoms with Gasteiger partial charge in [-0.1, -0.05) is 12.1 Å². The molecule has 1 aromatic heterocycles. The molecular weight excluding hydrogens is 367 g/mol. The van der Waals surface area contributed by atoms with Crippen LogP contribution < -0.4 is 10.1 Å². The van der Waals surface area contributed by atoms with Crippen molar-refractivity contribution in [2.45, 2.75) is 12.8 Å². The standard InChI is InChI=1S/C13H9BrF3N3O2/c14-10-4-5-11(20-19-10)18-12(21)7-8-2-1-3-9(6-8)22-13(15,16)17/h1-6H,7H2,(H,18,20,21). The Morgan fingerprint density at radius 3 is 2.64 bits per heavy atom. The third-order valence-corrected chi connectivity index (χ3v) is 2.82. The summed E-state index contributed by atoms with van der Waals surface area (Å²) < 4.78 is 40.7. The summed E-state index contributed by atoms with van der Waals surface area (Å²) in [5, 5.41) is 9.91. The molecule has 0 radical (unpaired) electrons. The molecule has 0 unspecified atom stereocenters. The minimum absolute atomic E-state index is 0.118. The van der Waals surface area contributed by atoms with Crippen molar-refractivity contribution in [1.82, 2.24) is 10.2 Å². The van der Waals surface area contributed by atoms with Crippen LogP contribution in [0.25, 0.3) is 0 Å². The van der Waals surface area contributed by atoms with Gasteiger partial charge >= 0.3 is 6.36 Å². The molecule has 0 aliphatic carbocycles. The van der Waals surface area contributed by atoms with Gasteiger partial charge in [0.2, 0.25) is 5.91 Å². The van der Waals surface area contributed by atoms with Gasteiger partial charge < -0.3 is 10.1 Å². The topological polar surface area (TPSA) is 64.1 Å². The van der Waals surface area contributed by atoms with Crippen LogP contribution in [-0.2, 0) is 11.2 Å². The van der Waals surface area contributed by atoms with E-state index in [2.05, 4.69) is 36.2 Å². The van der Waals surface area contributed by atoms with Gasteiger partial charge in [0.25, 0.3) is 0 Å². The van der Waals surface area contributed by atoms with E-state index in [9.17, 15) is 18.0 Å². The fraction of sp³-hybridized carbons (Fsp3) is 0.154. The van der Waals surface area contributed by atoms with Gasteiger partial charge in [-0.2, -0.15) is 0 Å². The molecule has 0 saturated carbocycles. The maximum Gasteiger partial charge on any atom is 0.573 e. The Bertz CT molecular complexity index is 662. The summed E-state index contributed by atoms with van der Waals surface area (Å²) in [5.74, 6) is -0.557. The summed E-state index contributed by atoms with van der Waals surface area (Å²) in [7, 11) is 0. The van der Waals surface area contributed by atoms with Gasteiger partial charge in [0.1, 0.15) is 10.4 Å². The van der Waals surface area contributed by atoms with Gasteiger partial charge in [-0.05, 0) is 45.8 Å². The number of carbonyl (C=O) groups is 1. The van der Waals surface area contributed by atoms with E-state index in [0.717, 1.165) is 12.1 Å². The minimum Gasteiger partial charge on any atom is -0.406 e. The zero-order valence-corrected chi connectivity index (χ0v) is 12.5. The molecule has 0 saturated heterocycles. The predicted octanol–water partition coefficient (Wildman–Crippen LogP) is 3.32. The van der Waals surface area contributed by atoms with E-state index in [0.29, 0.717) is 10.2 Å². The summed E-state index contributed by atoms with van der Waals surface area (Å²) in [6.45, 7) is 0. The van der Waals surface area contributed by atoms with Gasteiger partial charge in [0, 0.05) is 0 Å². The number of alkyl halides is 3. The Balaban J connectivity index is 1.99. The number of aromatic nitrogens is 2. The van der Waals surface area contributed by atoms with Crippen molar-refractivity contribution in [2.24, 2.45) is 0 Å². The highest BCUT2D eigenvalue weighted by atomic mass is 79.9. The van der Waals surface area contributed by atoms with Crippen LogP contribution in [0.5, 0.6) is 5.75 Å². The summed E-state index contributed by atoms with van der Waals surface area (Å²) >= 11 is 3.11. The molecule has 0 bridgehead atoms. The average molecular weight is 376 g/mol. The Kier molecular flexibility index (Phi) is 4.96. The molecule has 0 aliphatic heterocycles.